The Morgan fingerprint density at radius 3 is 2.03 bits per heavy atom. The molecule has 0 heterocycles. The SMILES string of the molecule is CCCCCCCCCOC(=O)c1ccc(C(=O)Sc2ccc([N+](=O)[O-])cc2)cc1. The van der Waals surface area contributed by atoms with Crippen LogP contribution >= 0.6 is 11.8 Å². The Bertz CT molecular complexity index is 834. The van der Waals surface area contributed by atoms with E-state index in [1.165, 1.54) is 56.4 Å². The van der Waals surface area contributed by atoms with Gasteiger partial charge in [-0.15, -0.1) is 0 Å². The number of thioether (sulfide) groups is 1. The molecule has 0 saturated carbocycles. The number of ether oxygens (including phenoxy) is 1. The van der Waals surface area contributed by atoms with Crippen LogP contribution in [0.2, 0.25) is 0 Å². The van der Waals surface area contributed by atoms with E-state index in [1.807, 2.05) is 0 Å². The molecule has 0 N–H and O–H groups in total. The molecule has 0 aliphatic carbocycles. The summed E-state index contributed by atoms with van der Waals surface area (Å²) in [5.41, 5.74) is 0.836. The highest BCUT2D eigenvalue weighted by Gasteiger charge is 2.12. The molecular weight excluding hydrogens is 402 g/mol. The molecule has 0 atom stereocenters. The zero-order valence-electron chi connectivity index (χ0n) is 17.2. The van der Waals surface area contributed by atoms with E-state index < -0.39 is 4.92 Å². The van der Waals surface area contributed by atoms with Crippen molar-refractivity contribution in [3.8, 4) is 0 Å². The van der Waals surface area contributed by atoms with Gasteiger partial charge in [-0.2, -0.15) is 0 Å². The fraction of sp³-hybridized carbons (Fsp3) is 0.391. The summed E-state index contributed by atoms with van der Waals surface area (Å²) in [6, 6.07) is 12.1. The Balaban J connectivity index is 1.76. The van der Waals surface area contributed by atoms with Crippen molar-refractivity contribution in [2.24, 2.45) is 0 Å². The normalized spacial score (nSPS) is 10.6. The van der Waals surface area contributed by atoms with E-state index in [0.29, 0.717) is 22.6 Å². The smallest absolute Gasteiger partial charge is 0.338 e. The van der Waals surface area contributed by atoms with Gasteiger partial charge in [0, 0.05) is 22.6 Å². The Labute approximate surface area is 181 Å². The van der Waals surface area contributed by atoms with Crippen molar-refractivity contribution in [3.63, 3.8) is 0 Å². The van der Waals surface area contributed by atoms with Crippen molar-refractivity contribution in [1.82, 2.24) is 0 Å². The van der Waals surface area contributed by atoms with E-state index >= 15 is 0 Å². The standard InChI is InChI=1S/C23H27NO5S/c1-2-3-4-5-6-7-8-17-29-22(25)18-9-11-19(12-10-18)23(26)30-21-15-13-20(14-16-21)24(27)28/h9-16H,2-8,17H2,1H3. The number of rotatable bonds is 12. The van der Waals surface area contributed by atoms with Crippen LogP contribution in [0.3, 0.4) is 0 Å². The predicted molar refractivity (Wildman–Crippen MR) is 118 cm³/mol. The number of nitro groups is 1. The molecule has 0 bridgehead atoms. The van der Waals surface area contributed by atoms with Gasteiger partial charge in [0.2, 0.25) is 5.12 Å². The maximum absolute atomic E-state index is 12.4. The first-order chi connectivity index (χ1) is 14.5. The average Bonchev–Trinajstić information content (AvgIpc) is 2.76. The van der Waals surface area contributed by atoms with Crippen LogP contribution in [0.15, 0.2) is 53.4 Å². The summed E-state index contributed by atoms with van der Waals surface area (Å²) in [7, 11) is 0. The molecule has 0 unspecified atom stereocenters. The number of carbonyl (C=O) groups excluding carboxylic acids is 2. The first kappa shape index (κ1) is 23.6. The van der Waals surface area contributed by atoms with Gasteiger partial charge in [0.05, 0.1) is 17.1 Å². The van der Waals surface area contributed by atoms with Crippen LogP contribution in [0.5, 0.6) is 0 Å². The summed E-state index contributed by atoms with van der Waals surface area (Å²) in [6.45, 7) is 2.60. The van der Waals surface area contributed by atoms with Gasteiger partial charge in [-0.3, -0.25) is 14.9 Å². The molecule has 0 amide bonds. The fourth-order valence-electron chi connectivity index (χ4n) is 2.85. The van der Waals surface area contributed by atoms with Crippen molar-refractivity contribution >= 4 is 28.5 Å². The maximum Gasteiger partial charge on any atom is 0.338 e. The summed E-state index contributed by atoms with van der Waals surface area (Å²) < 4.78 is 5.30. The van der Waals surface area contributed by atoms with Crippen LogP contribution in [0, 0.1) is 10.1 Å². The predicted octanol–water partition coefficient (Wildman–Crippen LogP) is 6.43. The van der Waals surface area contributed by atoms with Gasteiger partial charge in [0.25, 0.3) is 5.69 Å². The van der Waals surface area contributed by atoms with Crippen molar-refractivity contribution in [3.05, 3.63) is 69.8 Å². The van der Waals surface area contributed by atoms with Gasteiger partial charge in [-0.05, 0) is 54.6 Å². The molecule has 0 radical (unpaired) electrons. The highest BCUT2D eigenvalue weighted by atomic mass is 32.2. The summed E-state index contributed by atoms with van der Waals surface area (Å²) in [5.74, 6) is -0.386. The lowest BCUT2D eigenvalue weighted by Gasteiger charge is -2.06. The fourth-order valence-corrected chi connectivity index (χ4v) is 3.59. The van der Waals surface area contributed by atoms with Gasteiger partial charge < -0.3 is 4.74 Å². The van der Waals surface area contributed by atoms with Crippen molar-refractivity contribution in [2.75, 3.05) is 6.61 Å². The molecular formula is C23H27NO5S. The number of non-ortho nitro benzene ring substituents is 1. The van der Waals surface area contributed by atoms with Gasteiger partial charge >= 0.3 is 5.97 Å². The zero-order valence-corrected chi connectivity index (χ0v) is 18.0. The van der Waals surface area contributed by atoms with Crippen molar-refractivity contribution in [2.45, 2.75) is 56.8 Å². The molecule has 0 aromatic heterocycles. The van der Waals surface area contributed by atoms with E-state index in [4.69, 9.17) is 4.74 Å². The highest BCUT2D eigenvalue weighted by molar-refractivity contribution is 8.14. The van der Waals surface area contributed by atoms with Crippen LogP contribution < -0.4 is 0 Å². The molecule has 2 rings (SSSR count). The minimum atomic E-state index is -0.484. The van der Waals surface area contributed by atoms with Crippen LogP contribution in [0.25, 0.3) is 0 Å². The van der Waals surface area contributed by atoms with E-state index in [-0.39, 0.29) is 16.8 Å². The second-order valence-corrected chi connectivity index (χ2v) is 8.02. The van der Waals surface area contributed by atoms with Crippen molar-refractivity contribution in [1.29, 1.82) is 0 Å². The number of esters is 1. The minimum Gasteiger partial charge on any atom is -0.462 e. The van der Waals surface area contributed by atoms with E-state index in [1.54, 1.807) is 24.3 Å². The highest BCUT2D eigenvalue weighted by Crippen LogP contribution is 2.25. The molecule has 160 valence electrons. The van der Waals surface area contributed by atoms with Crippen LogP contribution in [-0.4, -0.2) is 22.6 Å². The Kier molecular flexibility index (Phi) is 10.1. The number of hydrogen-bond donors (Lipinski definition) is 0. The lowest BCUT2D eigenvalue weighted by molar-refractivity contribution is -0.384. The monoisotopic (exact) mass is 429 g/mol. The molecule has 0 aliphatic heterocycles. The third-order valence-corrected chi connectivity index (χ3v) is 5.52. The summed E-state index contributed by atoms with van der Waals surface area (Å²) in [6.07, 6.45) is 8.10. The second kappa shape index (κ2) is 12.8. The molecule has 30 heavy (non-hydrogen) atoms. The Morgan fingerprint density at radius 2 is 1.43 bits per heavy atom. The van der Waals surface area contributed by atoms with Crippen LogP contribution in [-0.2, 0) is 4.74 Å². The van der Waals surface area contributed by atoms with Gasteiger partial charge in [0.15, 0.2) is 0 Å². The number of unbranched alkanes of at least 4 members (excludes halogenated alkanes) is 6. The van der Waals surface area contributed by atoms with Gasteiger partial charge in [-0.1, -0.05) is 45.4 Å². The third kappa shape index (κ3) is 7.99. The zero-order chi connectivity index (χ0) is 21.8. The molecule has 2 aromatic rings. The maximum atomic E-state index is 12.4. The third-order valence-electron chi connectivity index (χ3n) is 4.60. The number of benzene rings is 2. The summed E-state index contributed by atoms with van der Waals surface area (Å²) in [5, 5.41) is 10.5. The van der Waals surface area contributed by atoms with E-state index in [0.717, 1.165) is 24.6 Å². The number of carbonyl (C=O) groups is 2. The molecule has 2 aromatic carbocycles. The lowest BCUT2D eigenvalue weighted by atomic mass is 10.1. The number of hydrogen-bond acceptors (Lipinski definition) is 6. The first-order valence-electron chi connectivity index (χ1n) is 10.2. The van der Waals surface area contributed by atoms with Gasteiger partial charge in [0.1, 0.15) is 0 Å². The summed E-state index contributed by atoms with van der Waals surface area (Å²) >= 11 is 0.980. The number of nitrogens with zero attached hydrogens (tertiary/aromatic N) is 1. The van der Waals surface area contributed by atoms with E-state index in [2.05, 4.69) is 6.92 Å². The Hall–Kier alpha value is -2.67. The molecule has 7 heteroatoms. The topological polar surface area (TPSA) is 86.5 Å². The van der Waals surface area contributed by atoms with Crippen LogP contribution in [0.4, 0.5) is 5.69 Å². The minimum absolute atomic E-state index is 0.0221. The molecule has 0 fully saturated rings. The van der Waals surface area contributed by atoms with Crippen LogP contribution in [0.1, 0.15) is 72.6 Å². The molecule has 0 spiro atoms. The quantitative estimate of drug-likeness (QED) is 0.127. The average molecular weight is 430 g/mol. The summed E-state index contributed by atoms with van der Waals surface area (Å²) in [4.78, 5) is 35.3. The Morgan fingerprint density at radius 1 is 0.867 bits per heavy atom. The van der Waals surface area contributed by atoms with E-state index in [9.17, 15) is 19.7 Å². The first-order valence-corrected chi connectivity index (χ1v) is 11.1. The lowest BCUT2D eigenvalue weighted by Crippen LogP contribution is -2.07. The largest absolute Gasteiger partial charge is 0.462 e. The molecule has 0 aliphatic rings. The van der Waals surface area contributed by atoms with Crippen molar-refractivity contribution < 1.29 is 19.2 Å². The number of nitro benzene ring substituents is 1. The molecule has 6 nitrogen and oxygen atoms in total. The second-order valence-electron chi connectivity index (χ2n) is 6.98. The molecule has 0 saturated heterocycles. The van der Waals surface area contributed by atoms with Gasteiger partial charge in [-0.25, -0.2) is 4.79 Å².